The number of quaternary nitrogens is 1. The van der Waals surface area contributed by atoms with Gasteiger partial charge in [-0.25, -0.2) is 0 Å². The van der Waals surface area contributed by atoms with Gasteiger partial charge >= 0.3 is 0 Å². The molecule has 1 fully saturated rings. The molecule has 0 aliphatic carbocycles. The van der Waals surface area contributed by atoms with Crippen LogP contribution in [-0.4, -0.2) is 55.9 Å². The van der Waals surface area contributed by atoms with Gasteiger partial charge in [-0.1, -0.05) is 103 Å². The standard InChI is InChI=1S/C26H54NOS/c1-3-4-5-6-7-8-9-10-11-12-13-14-15-16-17-18-25-29-26-19-20-27(2)21-23-28-24-22-27/h3-26H2,1-2H3/q+1. The fourth-order valence-electron chi connectivity index (χ4n) is 4.41. The van der Waals surface area contributed by atoms with Crippen LogP contribution in [0.25, 0.3) is 0 Å². The van der Waals surface area contributed by atoms with E-state index in [9.17, 15) is 0 Å². The van der Waals surface area contributed by atoms with E-state index in [0.717, 1.165) is 13.2 Å². The van der Waals surface area contributed by atoms with E-state index in [0.29, 0.717) is 0 Å². The second-order valence-corrected chi connectivity index (χ2v) is 10.9. The Kier molecular flexibility index (Phi) is 19.0. The van der Waals surface area contributed by atoms with Crippen molar-refractivity contribution in [2.75, 3.05) is 51.4 Å². The third-order valence-corrected chi connectivity index (χ3v) is 7.83. The molecule has 29 heavy (non-hydrogen) atoms. The minimum Gasteiger partial charge on any atom is -0.370 e. The van der Waals surface area contributed by atoms with Crippen molar-refractivity contribution in [3.05, 3.63) is 0 Å². The summed E-state index contributed by atoms with van der Waals surface area (Å²) in [5.41, 5.74) is 0. The SMILES string of the molecule is CCCCCCCCCCCCCCCCCCSCCC[N+]1(C)CCOCC1. The number of hydrogen-bond donors (Lipinski definition) is 0. The van der Waals surface area contributed by atoms with Crippen molar-refractivity contribution in [1.29, 1.82) is 0 Å². The van der Waals surface area contributed by atoms with E-state index in [4.69, 9.17) is 4.74 Å². The fraction of sp³-hybridized carbons (Fsp3) is 1.00. The third-order valence-electron chi connectivity index (χ3n) is 6.68. The normalized spacial score (nSPS) is 16.3. The van der Waals surface area contributed by atoms with Crippen LogP contribution in [-0.2, 0) is 4.74 Å². The molecule has 1 aliphatic rings. The number of hydrogen-bond acceptors (Lipinski definition) is 2. The maximum Gasteiger partial charge on any atom is 0.102 e. The molecular formula is C26H54NOS+. The molecule has 0 aromatic heterocycles. The van der Waals surface area contributed by atoms with Gasteiger partial charge in [-0.3, -0.25) is 0 Å². The van der Waals surface area contributed by atoms with Crippen molar-refractivity contribution in [3.8, 4) is 0 Å². The molecule has 0 N–H and O–H groups in total. The van der Waals surface area contributed by atoms with Crippen molar-refractivity contribution < 1.29 is 9.22 Å². The summed E-state index contributed by atoms with van der Waals surface area (Å²) in [6.45, 7) is 7.99. The average molecular weight is 429 g/mol. The van der Waals surface area contributed by atoms with E-state index in [2.05, 4.69) is 25.7 Å². The quantitative estimate of drug-likeness (QED) is 0.136. The zero-order valence-electron chi connectivity index (χ0n) is 20.2. The van der Waals surface area contributed by atoms with E-state index < -0.39 is 0 Å². The summed E-state index contributed by atoms with van der Waals surface area (Å²) in [5.74, 6) is 2.73. The van der Waals surface area contributed by atoms with Crippen LogP contribution in [0.3, 0.4) is 0 Å². The Hall–Kier alpha value is 0.270. The highest BCUT2D eigenvalue weighted by Gasteiger charge is 2.24. The zero-order chi connectivity index (χ0) is 20.9. The van der Waals surface area contributed by atoms with E-state index in [1.807, 2.05) is 0 Å². The molecule has 0 aromatic carbocycles. The Balaban J connectivity index is 1.68. The molecule has 0 spiro atoms. The predicted octanol–water partition coefficient (Wildman–Crippen LogP) is 7.85. The van der Waals surface area contributed by atoms with Gasteiger partial charge in [-0.15, -0.1) is 0 Å². The lowest BCUT2D eigenvalue weighted by molar-refractivity contribution is -0.916. The Labute approximate surface area is 188 Å². The van der Waals surface area contributed by atoms with Gasteiger partial charge in [0, 0.05) is 6.42 Å². The minimum absolute atomic E-state index is 0.961. The van der Waals surface area contributed by atoms with Crippen LogP contribution in [0.2, 0.25) is 0 Å². The summed E-state index contributed by atoms with van der Waals surface area (Å²) in [5, 5.41) is 0. The van der Waals surface area contributed by atoms with Crippen LogP contribution in [0.1, 0.15) is 116 Å². The highest BCUT2D eigenvalue weighted by molar-refractivity contribution is 7.99. The highest BCUT2D eigenvalue weighted by Crippen LogP contribution is 2.15. The molecule has 1 rings (SSSR count). The fourth-order valence-corrected chi connectivity index (χ4v) is 5.36. The lowest BCUT2D eigenvalue weighted by Gasteiger charge is -2.37. The summed E-state index contributed by atoms with van der Waals surface area (Å²) in [4.78, 5) is 0. The summed E-state index contributed by atoms with van der Waals surface area (Å²) in [6.07, 6.45) is 24.8. The van der Waals surface area contributed by atoms with Gasteiger partial charge < -0.3 is 9.22 Å². The molecule has 3 heteroatoms. The summed E-state index contributed by atoms with van der Waals surface area (Å²) < 4.78 is 6.73. The van der Waals surface area contributed by atoms with Crippen molar-refractivity contribution >= 4 is 11.8 Å². The van der Waals surface area contributed by atoms with Gasteiger partial charge in [0.05, 0.1) is 26.8 Å². The van der Waals surface area contributed by atoms with Gasteiger partial charge in [-0.05, 0) is 17.9 Å². The Bertz CT molecular complexity index is 331. The molecule has 1 heterocycles. The molecule has 2 nitrogen and oxygen atoms in total. The van der Waals surface area contributed by atoms with Gasteiger partial charge in [0.25, 0.3) is 0 Å². The smallest absolute Gasteiger partial charge is 0.102 e. The first-order valence-electron chi connectivity index (χ1n) is 13.3. The molecule has 1 saturated heterocycles. The molecule has 0 bridgehead atoms. The van der Waals surface area contributed by atoms with Gasteiger partial charge in [0.15, 0.2) is 0 Å². The third kappa shape index (κ3) is 17.6. The molecule has 0 radical (unpaired) electrons. The Morgan fingerprint density at radius 3 is 1.48 bits per heavy atom. The van der Waals surface area contributed by atoms with Gasteiger partial charge in [0.2, 0.25) is 0 Å². The van der Waals surface area contributed by atoms with E-state index in [1.165, 1.54) is 145 Å². The Morgan fingerprint density at radius 1 is 0.586 bits per heavy atom. The van der Waals surface area contributed by atoms with Crippen LogP contribution < -0.4 is 0 Å². The monoisotopic (exact) mass is 428 g/mol. The number of nitrogens with zero attached hydrogens (tertiary/aromatic N) is 1. The summed E-state index contributed by atoms with van der Waals surface area (Å²) >= 11 is 2.19. The van der Waals surface area contributed by atoms with Gasteiger partial charge in [-0.2, -0.15) is 11.8 Å². The number of thioether (sulfide) groups is 1. The van der Waals surface area contributed by atoms with E-state index in [-0.39, 0.29) is 0 Å². The number of ether oxygens (including phenoxy) is 1. The van der Waals surface area contributed by atoms with Crippen molar-refractivity contribution in [3.63, 3.8) is 0 Å². The molecule has 0 amide bonds. The lowest BCUT2D eigenvalue weighted by atomic mass is 10.0. The maximum atomic E-state index is 5.49. The van der Waals surface area contributed by atoms with E-state index in [1.54, 1.807) is 0 Å². The molecule has 0 saturated carbocycles. The second kappa shape index (κ2) is 20.2. The van der Waals surface area contributed by atoms with Crippen LogP contribution >= 0.6 is 11.8 Å². The molecule has 0 atom stereocenters. The first-order chi connectivity index (χ1) is 14.3. The maximum absolute atomic E-state index is 5.49. The Morgan fingerprint density at radius 2 is 1.00 bits per heavy atom. The van der Waals surface area contributed by atoms with Crippen molar-refractivity contribution in [2.45, 2.75) is 116 Å². The van der Waals surface area contributed by atoms with Crippen molar-refractivity contribution in [2.24, 2.45) is 0 Å². The molecular weight excluding hydrogens is 374 g/mol. The molecule has 0 aromatic rings. The number of unbranched alkanes of at least 4 members (excludes halogenated alkanes) is 15. The highest BCUT2D eigenvalue weighted by atomic mass is 32.2. The largest absolute Gasteiger partial charge is 0.370 e. The predicted molar refractivity (Wildman–Crippen MR) is 133 cm³/mol. The van der Waals surface area contributed by atoms with E-state index >= 15 is 0 Å². The first kappa shape index (κ1) is 27.3. The van der Waals surface area contributed by atoms with Crippen LogP contribution in [0.5, 0.6) is 0 Å². The molecule has 1 aliphatic heterocycles. The second-order valence-electron chi connectivity index (χ2n) is 9.67. The minimum atomic E-state index is 0.961. The summed E-state index contributed by atoms with van der Waals surface area (Å²) in [6, 6.07) is 0. The number of morpholine rings is 1. The van der Waals surface area contributed by atoms with Gasteiger partial charge in [0.1, 0.15) is 13.1 Å². The lowest BCUT2D eigenvalue weighted by Crippen LogP contribution is -2.52. The first-order valence-corrected chi connectivity index (χ1v) is 14.4. The van der Waals surface area contributed by atoms with Crippen molar-refractivity contribution in [1.82, 2.24) is 0 Å². The average Bonchev–Trinajstić information content (AvgIpc) is 2.73. The molecule has 0 unspecified atom stereocenters. The zero-order valence-corrected chi connectivity index (χ0v) is 21.1. The topological polar surface area (TPSA) is 9.23 Å². The number of rotatable bonds is 21. The van der Waals surface area contributed by atoms with Crippen LogP contribution in [0.15, 0.2) is 0 Å². The summed E-state index contributed by atoms with van der Waals surface area (Å²) in [7, 11) is 2.41. The number of likely N-dealkylation sites (N-methyl/N-ethyl adjacent to an activating group) is 1. The van der Waals surface area contributed by atoms with Crippen LogP contribution in [0.4, 0.5) is 0 Å². The molecule has 174 valence electrons. The van der Waals surface area contributed by atoms with Crippen LogP contribution in [0, 0.1) is 0 Å².